The van der Waals surface area contributed by atoms with Gasteiger partial charge in [0.1, 0.15) is 5.82 Å². The van der Waals surface area contributed by atoms with Crippen LogP contribution in [0.4, 0.5) is 10.1 Å². The average molecular weight is 376 g/mol. The van der Waals surface area contributed by atoms with Gasteiger partial charge in [0.2, 0.25) is 10.0 Å². The van der Waals surface area contributed by atoms with Crippen LogP contribution in [-0.2, 0) is 10.0 Å². The molecule has 2 N–H and O–H groups in total. The predicted octanol–water partition coefficient (Wildman–Crippen LogP) is 3.46. The van der Waals surface area contributed by atoms with Gasteiger partial charge in [0.05, 0.1) is 4.90 Å². The molecule has 1 amide bonds. The first-order valence-electron chi connectivity index (χ1n) is 8.52. The van der Waals surface area contributed by atoms with Crippen LogP contribution in [-0.4, -0.2) is 20.9 Å². The molecule has 138 valence electrons. The van der Waals surface area contributed by atoms with E-state index in [4.69, 9.17) is 0 Å². The first kappa shape index (κ1) is 18.5. The van der Waals surface area contributed by atoms with Crippen LogP contribution < -0.4 is 10.0 Å². The van der Waals surface area contributed by atoms with Crippen molar-refractivity contribution in [3.05, 3.63) is 59.4 Å². The summed E-state index contributed by atoms with van der Waals surface area (Å²) in [6.45, 7) is 2.00. The number of benzene rings is 2. The number of carbonyl (C=O) groups excluding carboxylic acids is 1. The van der Waals surface area contributed by atoms with Gasteiger partial charge in [-0.05, 0) is 61.2 Å². The zero-order valence-electron chi connectivity index (χ0n) is 14.5. The Morgan fingerprint density at radius 3 is 2.65 bits per heavy atom. The molecule has 0 atom stereocenters. The number of amides is 1. The molecule has 2 aromatic carbocycles. The van der Waals surface area contributed by atoms with Crippen LogP contribution in [0.15, 0.2) is 47.4 Å². The fraction of sp³-hybridized carbons (Fsp3) is 0.316. The Balaban J connectivity index is 1.70. The summed E-state index contributed by atoms with van der Waals surface area (Å²) in [6, 6.07) is 10.1. The van der Waals surface area contributed by atoms with Gasteiger partial charge in [-0.15, -0.1) is 0 Å². The molecule has 1 aliphatic rings. The molecule has 0 aliphatic heterocycles. The van der Waals surface area contributed by atoms with Crippen molar-refractivity contribution >= 4 is 21.6 Å². The summed E-state index contributed by atoms with van der Waals surface area (Å²) in [5.41, 5.74) is 1.08. The van der Waals surface area contributed by atoms with Gasteiger partial charge in [0.15, 0.2) is 0 Å². The number of hydrogen-bond acceptors (Lipinski definition) is 3. The van der Waals surface area contributed by atoms with E-state index in [1.54, 1.807) is 6.92 Å². The number of carbonyl (C=O) groups is 1. The van der Waals surface area contributed by atoms with Crippen LogP contribution in [0.1, 0.15) is 35.2 Å². The molecular weight excluding hydrogens is 355 g/mol. The van der Waals surface area contributed by atoms with Crippen molar-refractivity contribution in [3.8, 4) is 0 Å². The third-order valence-electron chi connectivity index (χ3n) is 4.36. The predicted molar refractivity (Wildman–Crippen MR) is 98.1 cm³/mol. The Kier molecular flexibility index (Phi) is 5.38. The van der Waals surface area contributed by atoms with Gasteiger partial charge in [-0.2, -0.15) is 0 Å². The van der Waals surface area contributed by atoms with E-state index in [0.717, 1.165) is 6.42 Å². The molecule has 0 heterocycles. The van der Waals surface area contributed by atoms with E-state index in [1.165, 1.54) is 55.3 Å². The number of rotatable bonds is 7. The lowest BCUT2D eigenvalue weighted by Crippen LogP contribution is -2.25. The zero-order valence-corrected chi connectivity index (χ0v) is 15.3. The Labute approximate surface area is 152 Å². The number of aryl methyl sites for hydroxylation is 1. The lowest BCUT2D eigenvalue weighted by molar-refractivity contribution is 0.102. The van der Waals surface area contributed by atoms with E-state index in [9.17, 15) is 17.6 Å². The summed E-state index contributed by atoms with van der Waals surface area (Å²) in [6.07, 6.45) is 3.17. The Bertz CT molecular complexity index is 924. The topological polar surface area (TPSA) is 75.3 Å². The second-order valence-electron chi connectivity index (χ2n) is 6.58. The molecule has 0 unspecified atom stereocenters. The summed E-state index contributed by atoms with van der Waals surface area (Å²) in [7, 11) is -3.65. The highest BCUT2D eigenvalue weighted by Gasteiger charge is 2.22. The van der Waals surface area contributed by atoms with Crippen LogP contribution in [0.2, 0.25) is 0 Å². The third-order valence-corrected chi connectivity index (χ3v) is 5.82. The number of sulfonamides is 1. The Morgan fingerprint density at radius 1 is 1.19 bits per heavy atom. The van der Waals surface area contributed by atoms with Crippen LogP contribution in [0.25, 0.3) is 0 Å². The lowest BCUT2D eigenvalue weighted by atomic mass is 10.2. The van der Waals surface area contributed by atoms with Gasteiger partial charge in [-0.3, -0.25) is 4.79 Å². The maximum atomic E-state index is 13.3. The van der Waals surface area contributed by atoms with E-state index in [1.807, 2.05) is 0 Å². The summed E-state index contributed by atoms with van der Waals surface area (Å²) >= 11 is 0. The standard InChI is InChI=1S/C19H21FN2O3S/c1-13-11-16(7-8-18(13)20)22-19(23)15-3-2-4-17(12-15)26(24,25)21-10-9-14-5-6-14/h2-4,7-8,11-12,14,21H,5-6,9-10H2,1H3,(H,22,23). The molecule has 7 heteroatoms. The van der Waals surface area contributed by atoms with Crippen molar-refractivity contribution in [2.45, 2.75) is 31.1 Å². The maximum Gasteiger partial charge on any atom is 0.255 e. The molecule has 3 rings (SSSR count). The number of nitrogens with one attached hydrogen (secondary N) is 2. The zero-order chi connectivity index (χ0) is 18.7. The minimum atomic E-state index is -3.65. The summed E-state index contributed by atoms with van der Waals surface area (Å²) in [5, 5.41) is 2.65. The van der Waals surface area contributed by atoms with Crippen molar-refractivity contribution in [1.82, 2.24) is 4.72 Å². The monoisotopic (exact) mass is 376 g/mol. The summed E-state index contributed by atoms with van der Waals surface area (Å²) in [4.78, 5) is 12.4. The maximum absolute atomic E-state index is 13.3. The van der Waals surface area contributed by atoms with E-state index in [-0.39, 0.29) is 16.3 Å². The van der Waals surface area contributed by atoms with Crippen molar-refractivity contribution < 1.29 is 17.6 Å². The van der Waals surface area contributed by atoms with Crippen molar-refractivity contribution in [1.29, 1.82) is 0 Å². The van der Waals surface area contributed by atoms with Gasteiger partial charge in [0, 0.05) is 17.8 Å². The molecular formula is C19H21FN2O3S. The van der Waals surface area contributed by atoms with Gasteiger partial charge in [-0.1, -0.05) is 18.9 Å². The fourth-order valence-electron chi connectivity index (χ4n) is 2.62. The van der Waals surface area contributed by atoms with Crippen molar-refractivity contribution in [2.24, 2.45) is 5.92 Å². The number of hydrogen-bond donors (Lipinski definition) is 2. The highest BCUT2D eigenvalue weighted by atomic mass is 32.2. The van der Waals surface area contributed by atoms with Crippen molar-refractivity contribution in [3.63, 3.8) is 0 Å². The normalized spacial score (nSPS) is 14.2. The van der Waals surface area contributed by atoms with Crippen LogP contribution in [0, 0.1) is 18.7 Å². The van der Waals surface area contributed by atoms with Gasteiger partial charge in [0.25, 0.3) is 5.91 Å². The molecule has 5 nitrogen and oxygen atoms in total. The smallest absolute Gasteiger partial charge is 0.255 e. The SMILES string of the molecule is Cc1cc(NC(=O)c2cccc(S(=O)(=O)NCCC3CC3)c2)ccc1F. The molecule has 1 fully saturated rings. The van der Waals surface area contributed by atoms with Gasteiger partial charge >= 0.3 is 0 Å². The Morgan fingerprint density at radius 2 is 1.96 bits per heavy atom. The minimum Gasteiger partial charge on any atom is -0.322 e. The molecule has 1 saturated carbocycles. The van der Waals surface area contributed by atoms with Crippen LogP contribution in [0.3, 0.4) is 0 Å². The average Bonchev–Trinajstić information content (AvgIpc) is 3.42. The molecule has 0 bridgehead atoms. The van der Waals surface area contributed by atoms with Crippen LogP contribution in [0.5, 0.6) is 0 Å². The van der Waals surface area contributed by atoms with Crippen molar-refractivity contribution in [2.75, 3.05) is 11.9 Å². The molecule has 2 aromatic rings. The van der Waals surface area contributed by atoms with E-state index < -0.39 is 15.9 Å². The Hall–Kier alpha value is -2.25. The molecule has 0 spiro atoms. The molecule has 26 heavy (non-hydrogen) atoms. The molecule has 1 aliphatic carbocycles. The molecule has 0 saturated heterocycles. The first-order valence-corrected chi connectivity index (χ1v) is 10.0. The van der Waals surface area contributed by atoms with Gasteiger partial charge in [-0.25, -0.2) is 17.5 Å². The van der Waals surface area contributed by atoms with E-state index >= 15 is 0 Å². The molecule has 0 aromatic heterocycles. The fourth-order valence-corrected chi connectivity index (χ4v) is 3.71. The lowest BCUT2D eigenvalue weighted by Gasteiger charge is -2.09. The summed E-state index contributed by atoms with van der Waals surface area (Å²) in [5.74, 6) is -0.173. The van der Waals surface area contributed by atoms with Crippen LogP contribution >= 0.6 is 0 Å². The molecule has 0 radical (unpaired) electrons. The minimum absolute atomic E-state index is 0.0521. The first-order chi connectivity index (χ1) is 12.3. The van der Waals surface area contributed by atoms with E-state index in [2.05, 4.69) is 10.0 Å². The number of halogens is 1. The largest absolute Gasteiger partial charge is 0.322 e. The second kappa shape index (κ2) is 7.55. The second-order valence-corrected chi connectivity index (χ2v) is 8.34. The highest BCUT2D eigenvalue weighted by Crippen LogP contribution is 2.31. The third kappa shape index (κ3) is 4.68. The highest BCUT2D eigenvalue weighted by molar-refractivity contribution is 7.89. The van der Waals surface area contributed by atoms with Gasteiger partial charge < -0.3 is 5.32 Å². The van der Waals surface area contributed by atoms with E-state index in [0.29, 0.717) is 23.7 Å². The summed E-state index contributed by atoms with van der Waals surface area (Å²) < 4.78 is 40.6. The quantitative estimate of drug-likeness (QED) is 0.777. The number of anilines is 1.